The van der Waals surface area contributed by atoms with Crippen molar-refractivity contribution in [2.24, 2.45) is 22.2 Å². The average molecular weight is 435 g/mol. The molecule has 0 aromatic heterocycles. The Labute approximate surface area is 195 Å². The van der Waals surface area contributed by atoms with Crippen LogP contribution in [0.2, 0.25) is 0 Å². The Kier molecular flexibility index (Phi) is 10.4. The van der Waals surface area contributed by atoms with Gasteiger partial charge in [0.25, 0.3) is 0 Å². The Balaban J connectivity index is 0.000000683. The topological polar surface area (TPSA) is 26.3 Å². The molecule has 2 aliphatic carbocycles. The van der Waals surface area contributed by atoms with Crippen molar-refractivity contribution in [1.29, 1.82) is 0 Å². The van der Waals surface area contributed by atoms with Gasteiger partial charge in [0.15, 0.2) is 0 Å². The number of esters is 1. The van der Waals surface area contributed by atoms with Crippen LogP contribution in [0, 0.1) is 22.2 Å². The van der Waals surface area contributed by atoms with Gasteiger partial charge in [-0.2, -0.15) is 0 Å². The number of hydrogen-bond donors (Lipinski definition) is 0. The molecule has 0 aromatic rings. The molecule has 0 N–H and O–H groups in total. The van der Waals surface area contributed by atoms with Crippen LogP contribution in [-0.4, -0.2) is 11.6 Å². The number of rotatable bonds is 6. The Morgan fingerprint density at radius 3 is 1.84 bits per heavy atom. The van der Waals surface area contributed by atoms with E-state index in [-0.39, 0.29) is 16.8 Å². The minimum absolute atomic E-state index is 0.00616. The average Bonchev–Trinajstić information content (AvgIpc) is 2.67. The molecule has 2 heteroatoms. The molecule has 0 radical (unpaired) electrons. The van der Waals surface area contributed by atoms with Crippen LogP contribution in [0.5, 0.6) is 0 Å². The lowest BCUT2D eigenvalue weighted by Crippen LogP contribution is -2.51. The van der Waals surface area contributed by atoms with E-state index in [1.807, 2.05) is 0 Å². The van der Waals surface area contributed by atoms with Gasteiger partial charge < -0.3 is 4.74 Å². The highest BCUT2D eigenvalue weighted by molar-refractivity contribution is 5.77. The van der Waals surface area contributed by atoms with Gasteiger partial charge in [-0.3, -0.25) is 4.79 Å². The van der Waals surface area contributed by atoms with E-state index in [2.05, 4.69) is 68.9 Å². The minimum atomic E-state index is -0.481. The van der Waals surface area contributed by atoms with E-state index in [1.54, 1.807) is 0 Å². The van der Waals surface area contributed by atoms with Gasteiger partial charge in [0, 0.05) is 5.41 Å². The summed E-state index contributed by atoms with van der Waals surface area (Å²) in [6.07, 6.45) is 14.8. The molecule has 2 saturated carbocycles. The Bertz CT molecular complexity index is 567. The lowest BCUT2D eigenvalue weighted by Gasteiger charge is -2.51. The standard InChI is InChI=1S/C23H42O2.C6H12/c1-11-22(10,16-20(5,6)7)19(24)25-21(8,9)23(12-2)14-17(3)13-18(4)15-23;1-2-4-6-5-3-1/h18H,3,11-16H2,1-2,4-10H3;1-6H2. The predicted octanol–water partition coefficient (Wildman–Crippen LogP) is 9.27. The molecular formula is C29H54O2. The maximum absolute atomic E-state index is 13.2. The molecule has 0 amide bonds. The van der Waals surface area contributed by atoms with E-state index in [0.29, 0.717) is 5.92 Å². The summed E-state index contributed by atoms with van der Waals surface area (Å²) in [6, 6.07) is 0. The smallest absolute Gasteiger partial charge is 0.312 e. The van der Waals surface area contributed by atoms with E-state index >= 15 is 0 Å². The van der Waals surface area contributed by atoms with Crippen molar-refractivity contribution >= 4 is 5.97 Å². The van der Waals surface area contributed by atoms with Crippen molar-refractivity contribution in [3.8, 4) is 0 Å². The number of carbonyl (C=O) groups is 1. The molecule has 31 heavy (non-hydrogen) atoms. The first-order chi connectivity index (χ1) is 14.2. The zero-order valence-corrected chi connectivity index (χ0v) is 22.6. The first-order valence-corrected chi connectivity index (χ1v) is 13.1. The van der Waals surface area contributed by atoms with Gasteiger partial charge in [0.1, 0.15) is 5.60 Å². The molecule has 2 rings (SSSR count). The molecule has 3 atom stereocenters. The van der Waals surface area contributed by atoms with E-state index in [1.165, 1.54) is 44.1 Å². The van der Waals surface area contributed by atoms with Crippen molar-refractivity contribution in [2.45, 2.75) is 145 Å². The highest BCUT2D eigenvalue weighted by Gasteiger charge is 2.51. The van der Waals surface area contributed by atoms with Crippen molar-refractivity contribution in [1.82, 2.24) is 0 Å². The second-order valence-corrected chi connectivity index (χ2v) is 12.7. The molecule has 2 fully saturated rings. The fourth-order valence-corrected chi connectivity index (χ4v) is 6.04. The van der Waals surface area contributed by atoms with E-state index in [4.69, 9.17) is 4.74 Å². The molecule has 0 saturated heterocycles. The summed E-state index contributed by atoms with van der Waals surface area (Å²) in [7, 11) is 0. The zero-order chi connectivity index (χ0) is 23.9. The fourth-order valence-electron chi connectivity index (χ4n) is 6.04. The van der Waals surface area contributed by atoms with Crippen LogP contribution in [0.4, 0.5) is 0 Å². The van der Waals surface area contributed by atoms with E-state index in [9.17, 15) is 4.79 Å². The van der Waals surface area contributed by atoms with Crippen LogP contribution < -0.4 is 0 Å². The zero-order valence-electron chi connectivity index (χ0n) is 22.6. The molecule has 0 aromatic carbocycles. The molecule has 2 aliphatic rings. The van der Waals surface area contributed by atoms with Crippen LogP contribution in [0.15, 0.2) is 12.2 Å². The third kappa shape index (κ3) is 8.25. The summed E-state index contributed by atoms with van der Waals surface area (Å²) in [5, 5.41) is 0. The van der Waals surface area contributed by atoms with Gasteiger partial charge in [0.05, 0.1) is 5.41 Å². The Morgan fingerprint density at radius 1 is 1.00 bits per heavy atom. The number of ether oxygens (including phenoxy) is 1. The quantitative estimate of drug-likeness (QED) is 0.307. The van der Waals surface area contributed by atoms with Crippen LogP contribution in [0.3, 0.4) is 0 Å². The van der Waals surface area contributed by atoms with Crippen molar-refractivity contribution in [3.63, 3.8) is 0 Å². The molecule has 0 spiro atoms. The second-order valence-electron chi connectivity index (χ2n) is 12.7. The van der Waals surface area contributed by atoms with Crippen molar-refractivity contribution < 1.29 is 9.53 Å². The highest BCUT2D eigenvalue weighted by Crippen LogP contribution is 2.53. The number of hydrogen-bond acceptors (Lipinski definition) is 2. The van der Waals surface area contributed by atoms with Crippen molar-refractivity contribution in [2.75, 3.05) is 0 Å². The van der Waals surface area contributed by atoms with Gasteiger partial charge in [0.2, 0.25) is 0 Å². The third-order valence-electron chi connectivity index (χ3n) is 7.96. The van der Waals surface area contributed by atoms with E-state index < -0.39 is 11.0 Å². The maximum atomic E-state index is 13.2. The Morgan fingerprint density at radius 2 is 1.48 bits per heavy atom. The van der Waals surface area contributed by atoms with Crippen molar-refractivity contribution in [3.05, 3.63) is 12.2 Å². The van der Waals surface area contributed by atoms with Gasteiger partial charge in [-0.1, -0.05) is 92.2 Å². The SMILES string of the molecule is C1CCCCC1.C=C1CC(C)CC(CC)(C(C)(C)OC(=O)C(C)(CC)CC(C)(C)C)C1. The van der Waals surface area contributed by atoms with Crippen LogP contribution in [0.25, 0.3) is 0 Å². The molecule has 0 aliphatic heterocycles. The maximum Gasteiger partial charge on any atom is 0.312 e. The summed E-state index contributed by atoms with van der Waals surface area (Å²) in [5.41, 5.74) is 0.488. The van der Waals surface area contributed by atoms with Gasteiger partial charge in [-0.25, -0.2) is 0 Å². The molecule has 0 heterocycles. The van der Waals surface area contributed by atoms with Crippen LogP contribution >= 0.6 is 0 Å². The van der Waals surface area contributed by atoms with Gasteiger partial charge in [-0.05, 0) is 70.6 Å². The summed E-state index contributed by atoms with van der Waals surface area (Å²) >= 11 is 0. The number of allylic oxidation sites excluding steroid dienone is 1. The van der Waals surface area contributed by atoms with E-state index in [0.717, 1.165) is 38.5 Å². The lowest BCUT2D eigenvalue weighted by molar-refractivity contribution is -0.188. The van der Waals surface area contributed by atoms with Crippen LogP contribution in [-0.2, 0) is 9.53 Å². The summed E-state index contributed by atoms with van der Waals surface area (Å²) in [4.78, 5) is 13.2. The van der Waals surface area contributed by atoms with Crippen LogP contribution in [0.1, 0.15) is 139 Å². The van der Waals surface area contributed by atoms with Gasteiger partial charge in [-0.15, -0.1) is 0 Å². The molecular weight excluding hydrogens is 380 g/mol. The molecule has 182 valence electrons. The minimum Gasteiger partial charge on any atom is -0.459 e. The second kappa shape index (κ2) is 11.4. The Hall–Kier alpha value is -0.790. The molecule has 3 unspecified atom stereocenters. The normalized spacial score (nSPS) is 27.0. The molecule has 0 bridgehead atoms. The first kappa shape index (κ1) is 28.2. The number of carbonyl (C=O) groups excluding carboxylic acids is 1. The summed E-state index contributed by atoms with van der Waals surface area (Å²) < 4.78 is 6.29. The highest BCUT2D eigenvalue weighted by atomic mass is 16.6. The first-order valence-electron chi connectivity index (χ1n) is 13.1. The molecule has 2 nitrogen and oxygen atoms in total. The summed E-state index contributed by atoms with van der Waals surface area (Å²) in [6.45, 7) is 23.8. The monoisotopic (exact) mass is 434 g/mol. The van der Waals surface area contributed by atoms with Gasteiger partial charge >= 0.3 is 5.97 Å². The lowest BCUT2D eigenvalue weighted by atomic mass is 9.59. The third-order valence-corrected chi connectivity index (χ3v) is 7.96. The fraction of sp³-hybridized carbons (Fsp3) is 0.897. The predicted molar refractivity (Wildman–Crippen MR) is 135 cm³/mol. The summed E-state index contributed by atoms with van der Waals surface area (Å²) in [5.74, 6) is 0.567. The largest absolute Gasteiger partial charge is 0.459 e.